The molecule has 3 rings (SSSR count). The van der Waals surface area contributed by atoms with Crippen molar-refractivity contribution in [2.45, 2.75) is 38.4 Å². The van der Waals surface area contributed by atoms with E-state index < -0.39 is 9.84 Å². The van der Waals surface area contributed by atoms with E-state index in [1.165, 1.54) is 6.26 Å². The van der Waals surface area contributed by atoms with Crippen LogP contribution in [0.15, 0.2) is 24.3 Å². The molecule has 1 aromatic carbocycles. The molecule has 1 aliphatic rings. The van der Waals surface area contributed by atoms with Crippen LogP contribution in [0, 0.1) is 0 Å². The third kappa shape index (κ3) is 3.97. The van der Waals surface area contributed by atoms with Crippen molar-refractivity contribution < 1.29 is 8.42 Å². The molecule has 1 aromatic heterocycles. The second kappa shape index (κ2) is 6.05. The van der Waals surface area contributed by atoms with E-state index in [2.05, 4.69) is 14.9 Å². The van der Waals surface area contributed by atoms with Crippen molar-refractivity contribution in [3.05, 3.63) is 30.1 Å². The van der Waals surface area contributed by atoms with E-state index in [9.17, 15) is 8.42 Å². The van der Waals surface area contributed by atoms with Crippen LogP contribution < -0.4 is 5.73 Å². The molecule has 2 N–H and O–H groups in total. The summed E-state index contributed by atoms with van der Waals surface area (Å²) in [5, 5.41) is 0.846. The minimum absolute atomic E-state index is 0.0613. The highest BCUT2D eigenvalue weighted by Crippen LogP contribution is 2.30. The van der Waals surface area contributed by atoms with E-state index in [0.29, 0.717) is 24.2 Å². The molecule has 1 heterocycles. The SMILES string of the molecule is C[C@@H](CS(C)(=O)=O)N(Cc1nc(N)c2ccccc2n1)C1CC1. The molecule has 1 atom stereocenters. The van der Waals surface area contributed by atoms with E-state index >= 15 is 0 Å². The molecule has 23 heavy (non-hydrogen) atoms. The Morgan fingerprint density at radius 1 is 1.30 bits per heavy atom. The van der Waals surface area contributed by atoms with Gasteiger partial charge in [-0.25, -0.2) is 18.4 Å². The Morgan fingerprint density at radius 2 is 2.00 bits per heavy atom. The van der Waals surface area contributed by atoms with Crippen molar-refractivity contribution in [3.63, 3.8) is 0 Å². The molecule has 0 radical (unpaired) electrons. The van der Waals surface area contributed by atoms with E-state index in [0.717, 1.165) is 23.7 Å². The highest BCUT2D eigenvalue weighted by Gasteiger charge is 2.34. The quantitative estimate of drug-likeness (QED) is 0.863. The lowest BCUT2D eigenvalue weighted by Crippen LogP contribution is -2.39. The number of nitrogens with two attached hydrogens (primary N) is 1. The van der Waals surface area contributed by atoms with Crippen LogP contribution in [0.2, 0.25) is 0 Å². The van der Waals surface area contributed by atoms with Crippen molar-refractivity contribution in [2.24, 2.45) is 0 Å². The number of para-hydroxylation sites is 1. The van der Waals surface area contributed by atoms with Gasteiger partial charge in [0.15, 0.2) is 0 Å². The van der Waals surface area contributed by atoms with Gasteiger partial charge >= 0.3 is 0 Å². The summed E-state index contributed by atoms with van der Waals surface area (Å²) in [5.41, 5.74) is 6.86. The number of nitrogens with zero attached hydrogens (tertiary/aromatic N) is 3. The van der Waals surface area contributed by atoms with Gasteiger partial charge in [-0.05, 0) is 31.9 Å². The van der Waals surface area contributed by atoms with E-state index in [4.69, 9.17) is 5.73 Å². The summed E-state index contributed by atoms with van der Waals surface area (Å²) in [6, 6.07) is 8.00. The topological polar surface area (TPSA) is 89.2 Å². The summed E-state index contributed by atoms with van der Waals surface area (Å²) in [5.74, 6) is 1.26. The van der Waals surface area contributed by atoms with Crippen LogP contribution in [0.5, 0.6) is 0 Å². The normalized spacial score (nSPS) is 16.8. The minimum Gasteiger partial charge on any atom is -0.383 e. The first kappa shape index (κ1) is 16.1. The number of hydrogen-bond donors (Lipinski definition) is 1. The third-order valence-corrected chi connectivity index (χ3v) is 5.22. The first-order valence-corrected chi connectivity index (χ1v) is 9.84. The van der Waals surface area contributed by atoms with Crippen molar-refractivity contribution in [1.82, 2.24) is 14.9 Å². The number of rotatable bonds is 6. The minimum atomic E-state index is -3.02. The zero-order valence-electron chi connectivity index (χ0n) is 13.4. The first-order valence-electron chi connectivity index (χ1n) is 7.78. The van der Waals surface area contributed by atoms with Crippen LogP contribution in [0.4, 0.5) is 5.82 Å². The summed E-state index contributed by atoms with van der Waals surface area (Å²) in [7, 11) is -3.02. The van der Waals surface area contributed by atoms with Gasteiger partial charge in [-0.2, -0.15) is 0 Å². The molecule has 6 nitrogen and oxygen atoms in total. The summed E-state index contributed by atoms with van der Waals surface area (Å²) >= 11 is 0. The maximum Gasteiger partial charge on any atom is 0.148 e. The number of anilines is 1. The molecule has 0 aliphatic heterocycles. The number of benzene rings is 1. The molecule has 1 aliphatic carbocycles. The molecular weight excluding hydrogens is 312 g/mol. The molecule has 1 saturated carbocycles. The van der Waals surface area contributed by atoms with Crippen LogP contribution in [0.3, 0.4) is 0 Å². The Kier molecular flexibility index (Phi) is 4.25. The lowest BCUT2D eigenvalue weighted by molar-refractivity contribution is 0.199. The van der Waals surface area contributed by atoms with Crippen molar-refractivity contribution in [1.29, 1.82) is 0 Å². The standard InChI is InChI=1S/C16H22N4O2S/c1-11(10-23(2,21)22)20(12-7-8-12)9-15-18-14-6-4-3-5-13(14)16(17)19-15/h3-6,11-12H,7-10H2,1-2H3,(H2,17,18,19)/t11-/m0/s1. The van der Waals surface area contributed by atoms with Gasteiger partial charge in [0, 0.05) is 23.7 Å². The van der Waals surface area contributed by atoms with Crippen LogP contribution in [-0.2, 0) is 16.4 Å². The molecule has 0 bridgehead atoms. The molecule has 0 amide bonds. The van der Waals surface area contributed by atoms with Crippen LogP contribution >= 0.6 is 0 Å². The lowest BCUT2D eigenvalue weighted by atomic mass is 10.2. The van der Waals surface area contributed by atoms with Gasteiger partial charge in [0.1, 0.15) is 21.5 Å². The number of nitrogen functional groups attached to an aromatic ring is 1. The smallest absolute Gasteiger partial charge is 0.148 e. The Bertz CT molecular complexity index is 818. The maximum atomic E-state index is 11.6. The van der Waals surface area contributed by atoms with E-state index in [1.54, 1.807) is 0 Å². The molecule has 2 aromatic rings. The molecule has 124 valence electrons. The predicted molar refractivity (Wildman–Crippen MR) is 91.7 cm³/mol. The summed E-state index contributed by atoms with van der Waals surface area (Å²) in [6.07, 6.45) is 3.47. The van der Waals surface area contributed by atoms with Gasteiger partial charge in [0.05, 0.1) is 17.8 Å². The Labute approximate surface area is 136 Å². The summed E-state index contributed by atoms with van der Waals surface area (Å²) in [4.78, 5) is 11.2. The van der Waals surface area contributed by atoms with Crippen LogP contribution in [0.1, 0.15) is 25.6 Å². The van der Waals surface area contributed by atoms with Gasteiger partial charge in [0.25, 0.3) is 0 Å². The molecule has 1 fully saturated rings. The van der Waals surface area contributed by atoms with Crippen molar-refractivity contribution in [3.8, 4) is 0 Å². The average molecular weight is 334 g/mol. The van der Waals surface area contributed by atoms with Gasteiger partial charge in [-0.15, -0.1) is 0 Å². The van der Waals surface area contributed by atoms with Crippen LogP contribution in [-0.4, -0.2) is 47.4 Å². The number of sulfone groups is 1. The van der Waals surface area contributed by atoms with E-state index in [-0.39, 0.29) is 11.8 Å². The molecule has 0 saturated heterocycles. The molecule has 7 heteroatoms. The first-order chi connectivity index (χ1) is 10.8. The highest BCUT2D eigenvalue weighted by atomic mass is 32.2. The highest BCUT2D eigenvalue weighted by molar-refractivity contribution is 7.90. The Balaban J connectivity index is 1.86. The fourth-order valence-corrected chi connectivity index (χ4v) is 4.04. The summed E-state index contributed by atoms with van der Waals surface area (Å²) < 4.78 is 23.2. The third-order valence-electron chi connectivity index (χ3n) is 4.13. The fraction of sp³-hybridized carbons (Fsp3) is 0.500. The average Bonchev–Trinajstić information content (AvgIpc) is 3.27. The van der Waals surface area contributed by atoms with Gasteiger partial charge in [-0.3, -0.25) is 4.90 Å². The molecule has 0 spiro atoms. The fourth-order valence-electron chi connectivity index (χ4n) is 2.97. The maximum absolute atomic E-state index is 11.6. The van der Waals surface area contributed by atoms with Crippen LogP contribution in [0.25, 0.3) is 10.9 Å². The monoisotopic (exact) mass is 334 g/mol. The Morgan fingerprint density at radius 3 is 2.65 bits per heavy atom. The zero-order chi connectivity index (χ0) is 16.6. The number of aromatic nitrogens is 2. The van der Waals surface area contributed by atoms with Crippen molar-refractivity contribution in [2.75, 3.05) is 17.7 Å². The summed E-state index contributed by atoms with van der Waals surface area (Å²) in [6.45, 7) is 2.47. The Hall–Kier alpha value is -1.73. The largest absolute Gasteiger partial charge is 0.383 e. The van der Waals surface area contributed by atoms with Gasteiger partial charge < -0.3 is 5.73 Å². The molecule has 0 unspecified atom stereocenters. The zero-order valence-corrected chi connectivity index (χ0v) is 14.3. The number of hydrogen-bond acceptors (Lipinski definition) is 6. The molecular formula is C16H22N4O2S. The van der Waals surface area contributed by atoms with Crippen molar-refractivity contribution >= 4 is 26.6 Å². The number of fused-ring (bicyclic) bond motifs is 1. The second-order valence-corrected chi connectivity index (χ2v) is 8.57. The van der Waals surface area contributed by atoms with Gasteiger partial charge in [-0.1, -0.05) is 12.1 Å². The lowest BCUT2D eigenvalue weighted by Gasteiger charge is -2.28. The second-order valence-electron chi connectivity index (χ2n) is 6.39. The predicted octanol–water partition coefficient (Wildman–Crippen LogP) is 1.61. The van der Waals surface area contributed by atoms with Gasteiger partial charge in [0.2, 0.25) is 0 Å². The van der Waals surface area contributed by atoms with E-state index in [1.807, 2.05) is 31.2 Å².